The van der Waals surface area contributed by atoms with E-state index in [9.17, 15) is 19.2 Å². The van der Waals surface area contributed by atoms with E-state index in [1.807, 2.05) is 64.2 Å². The molecule has 14 nitrogen and oxygen atoms in total. The first-order chi connectivity index (χ1) is 27.8. The number of imide groups is 1. The molecule has 2 aliphatic rings. The summed E-state index contributed by atoms with van der Waals surface area (Å²) < 4.78 is 26.7. The molecule has 58 heavy (non-hydrogen) atoms. The lowest BCUT2D eigenvalue weighted by molar-refractivity contribution is -0.134. The summed E-state index contributed by atoms with van der Waals surface area (Å²) in [6.07, 6.45) is 7.46. The highest BCUT2D eigenvalue weighted by atomic mass is 19.1. The zero-order valence-corrected chi connectivity index (χ0v) is 33.3. The molecule has 3 amide bonds. The molecule has 2 fully saturated rings. The molecule has 7 rings (SSSR count). The fourth-order valence-electron chi connectivity index (χ4n) is 7.91. The van der Waals surface area contributed by atoms with Crippen LogP contribution in [0.4, 0.5) is 9.18 Å². The number of halogens is 1. The van der Waals surface area contributed by atoms with Gasteiger partial charge in [0.1, 0.15) is 12.5 Å². The van der Waals surface area contributed by atoms with Crippen molar-refractivity contribution in [2.45, 2.75) is 103 Å². The normalized spacial score (nSPS) is 17.3. The van der Waals surface area contributed by atoms with Crippen LogP contribution in [0.5, 0.6) is 0 Å². The van der Waals surface area contributed by atoms with E-state index in [0.717, 1.165) is 71.4 Å². The van der Waals surface area contributed by atoms with Crippen LogP contribution in [0.3, 0.4) is 0 Å². The topological polar surface area (TPSA) is 165 Å². The van der Waals surface area contributed by atoms with Crippen molar-refractivity contribution < 1.29 is 32.8 Å². The summed E-state index contributed by atoms with van der Waals surface area (Å²) in [5, 5.41) is 10.3. The molecule has 0 unspecified atom stereocenters. The fourth-order valence-corrected chi connectivity index (χ4v) is 7.91. The van der Waals surface area contributed by atoms with Gasteiger partial charge in [0.2, 0.25) is 18.2 Å². The SMILES string of the molecule is Cc1cc(-c2ncnn3cc(CCC[C@H](F)CN4CCC(c5ccc([C@@H]6CCC(=O)NC6=O)cc5)CC4)cc23)ccc1CN(C(=O)OC(=O)c1ncon1)C(C)(C)C. The Morgan fingerprint density at radius 2 is 1.79 bits per heavy atom. The van der Waals surface area contributed by atoms with E-state index in [1.54, 1.807) is 4.52 Å². The first kappa shape index (κ1) is 40.4. The number of carbonyl (C=O) groups is 4. The van der Waals surface area contributed by atoms with Crippen LogP contribution in [0.15, 0.2) is 72.0 Å². The molecule has 0 aliphatic carbocycles. The minimum absolute atomic E-state index is 0.195. The van der Waals surface area contributed by atoms with Crippen molar-refractivity contribution in [2.75, 3.05) is 19.6 Å². The minimum Gasteiger partial charge on any atom is -0.370 e. The number of hydrogen-bond donors (Lipinski definition) is 1. The number of amides is 3. The third-order valence-electron chi connectivity index (χ3n) is 11.2. The average molecular weight is 793 g/mol. The Balaban J connectivity index is 0.899. The molecule has 2 aliphatic heterocycles. The van der Waals surface area contributed by atoms with E-state index in [2.05, 4.69) is 53.2 Å². The smallest absolute Gasteiger partial charge is 0.370 e. The molecule has 0 bridgehead atoms. The van der Waals surface area contributed by atoms with Crippen LogP contribution in [0, 0.1) is 6.92 Å². The van der Waals surface area contributed by atoms with Gasteiger partial charge in [-0.25, -0.2) is 23.5 Å². The monoisotopic (exact) mass is 792 g/mol. The van der Waals surface area contributed by atoms with Gasteiger partial charge in [0, 0.05) is 36.8 Å². The summed E-state index contributed by atoms with van der Waals surface area (Å²) >= 11 is 0. The van der Waals surface area contributed by atoms with Gasteiger partial charge in [0.25, 0.3) is 5.82 Å². The Hall–Kier alpha value is -5.83. The van der Waals surface area contributed by atoms with Crippen LogP contribution in [-0.4, -0.2) is 89.8 Å². The standard InChI is InChI=1S/C43H49FN8O6/c1-27-20-32(12-13-33(27)23-51(43(2,3)4)42(56)58-41(55)39-46-26-57-49-39)38-36-21-28(22-52(36)47-25-45-38)6-5-7-34(44)24-50-18-16-30(17-19-50)29-8-10-31(11-9-29)35-14-15-37(53)48-40(35)54/h8-13,20-22,25-26,30,34-35H,5-7,14-19,23-24H2,1-4H3,(H,48,53,54)/t34-,35-/m0/s1. The van der Waals surface area contributed by atoms with Gasteiger partial charge >= 0.3 is 12.1 Å². The fraction of sp³-hybridized carbons (Fsp3) is 0.442. The van der Waals surface area contributed by atoms with Gasteiger partial charge in [0.05, 0.1) is 17.1 Å². The second-order valence-electron chi connectivity index (χ2n) is 16.3. The number of piperidine rings is 2. The average Bonchev–Trinajstić information content (AvgIpc) is 3.88. The van der Waals surface area contributed by atoms with Crippen molar-refractivity contribution in [3.63, 3.8) is 0 Å². The van der Waals surface area contributed by atoms with E-state index in [1.165, 1.54) is 16.8 Å². The molecule has 2 atom stereocenters. The van der Waals surface area contributed by atoms with E-state index in [4.69, 9.17) is 4.74 Å². The maximum absolute atomic E-state index is 15.3. The quantitative estimate of drug-likeness (QED) is 0.0810. The number of nitrogens with one attached hydrogen (secondary N) is 1. The Bertz CT molecular complexity index is 2260. The summed E-state index contributed by atoms with van der Waals surface area (Å²) in [6, 6.07) is 16.2. The highest BCUT2D eigenvalue weighted by molar-refractivity contribution is 6.01. The molecule has 0 radical (unpaired) electrons. The van der Waals surface area contributed by atoms with Gasteiger partial charge in [-0.15, -0.1) is 0 Å². The van der Waals surface area contributed by atoms with Crippen LogP contribution in [0.2, 0.25) is 0 Å². The minimum atomic E-state index is -0.994. The van der Waals surface area contributed by atoms with Crippen molar-refractivity contribution in [1.29, 1.82) is 0 Å². The van der Waals surface area contributed by atoms with Crippen LogP contribution >= 0.6 is 0 Å². The number of likely N-dealkylation sites (tertiary alicyclic amines) is 1. The molecule has 0 spiro atoms. The summed E-state index contributed by atoms with van der Waals surface area (Å²) in [4.78, 5) is 61.2. The molecule has 2 saturated heterocycles. The van der Waals surface area contributed by atoms with Crippen molar-refractivity contribution in [1.82, 2.24) is 39.9 Å². The van der Waals surface area contributed by atoms with Crippen molar-refractivity contribution in [3.8, 4) is 11.3 Å². The van der Waals surface area contributed by atoms with Crippen LogP contribution < -0.4 is 5.32 Å². The molecule has 15 heteroatoms. The molecule has 3 aromatic heterocycles. The highest BCUT2D eigenvalue weighted by Gasteiger charge is 2.32. The van der Waals surface area contributed by atoms with Gasteiger partial charge in [-0.05, 0) is 125 Å². The number of carbonyl (C=O) groups excluding carboxylic acids is 4. The van der Waals surface area contributed by atoms with Gasteiger partial charge < -0.3 is 14.2 Å². The Kier molecular flexibility index (Phi) is 12.1. The first-order valence-electron chi connectivity index (χ1n) is 19.8. The van der Waals surface area contributed by atoms with Crippen molar-refractivity contribution in [3.05, 3.63) is 101 Å². The number of alkyl halides is 1. The number of esters is 1. The van der Waals surface area contributed by atoms with Gasteiger partial charge in [-0.2, -0.15) is 10.1 Å². The van der Waals surface area contributed by atoms with E-state index in [0.29, 0.717) is 44.6 Å². The van der Waals surface area contributed by atoms with Crippen LogP contribution in [0.25, 0.3) is 16.8 Å². The number of aromatic nitrogens is 5. The lowest BCUT2D eigenvalue weighted by Gasteiger charge is -2.34. The summed E-state index contributed by atoms with van der Waals surface area (Å²) in [6.45, 7) is 9.83. The summed E-state index contributed by atoms with van der Waals surface area (Å²) in [5.41, 5.74) is 6.84. The predicted molar refractivity (Wildman–Crippen MR) is 211 cm³/mol. The summed E-state index contributed by atoms with van der Waals surface area (Å²) in [5.74, 6) is -1.63. The van der Waals surface area contributed by atoms with E-state index >= 15 is 4.39 Å². The number of nitrogens with zero attached hydrogens (tertiary/aromatic N) is 7. The third kappa shape index (κ3) is 9.47. The Labute approximate surface area is 336 Å². The van der Waals surface area contributed by atoms with Gasteiger partial charge in [-0.1, -0.05) is 41.6 Å². The predicted octanol–water partition coefficient (Wildman–Crippen LogP) is 6.73. The maximum atomic E-state index is 15.3. The molecule has 304 valence electrons. The largest absolute Gasteiger partial charge is 0.418 e. The Morgan fingerprint density at radius 3 is 2.48 bits per heavy atom. The molecule has 1 N–H and O–H groups in total. The molecule has 5 aromatic rings. The number of fused-ring (bicyclic) bond motifs is 1. The molecular weight excluding hydrogens is 744 g/mol. The second-order valence-corrected chi connectivity index (χ2v) is 16.3. The van der Waals surface area contributed by atoms with Gasteiger partial charge in [0.15, 0.2) is 0 Å². The third-order valence-corrected chi connectivity index (χ3v) is 11.2. The van der Waals surface area contributed by atoms with E-state index in [-0.39, 0.29) is 30.1 Å². The number of benzene rings is 2. The van der Waals surface area contributed by atoms with Gasteiger partial charge in [-0.3, -0.25) is 19.8 Å². The van der Waals surface area contributed by atoms with Crippen LogP contribution in [0.1, 0.15) is 110 Å². The second kappa shape index (κ2) is 17.3. The van der Waals surface area contributed by atoms with Crippen molar-refractivity contribution >= 4 is 29.4 Å². The zero-order chi connectivity index (χ0) is 41.0. The number of hydrogen-bond acceptors (Lipinski definition) is 11. The Morgan fingerprint density at radius 1 is 1.03 bits per heavy atom. The van der Waals surface area contributed by atoms with Crippen molar-refractivity contribution in [2.24, 2.45) is 0 Å². The molecule has 2 aromatic carbocycles. The molecule has 0 saturated carbocycles. The molecular formula is C43H49FN8O6. The number of ether oxygens (including phenoxy) is 1. The lowest BCUT2D eigenvalue weighted by Crippen LogP contribution is -2.46. The zero-order valence-electron chi connectivity index (χ0n) is 33.3. The highest BCUT2D eigenvalue weighted by Crippen LogP contribution is 2.32. The van der Waals surface area contributed by atoms with E-state index < -0.39 is 23.8 Å². The maximum Gasteiger partial charge on any atom is 0.418 e. The lowest BCUT2D eigenvalue weighted by atomic mass is 9.86. The number of aryl methyl sites for hydroxylation is 2. The molecule has 5 heterocycles. The summed E-state index contributed by atoms with van der Waals surface area (Å²) in [7, 11) is 0. The van der Waals surface area contributed by atoms with Crippen LogP contribution in [-0.2, 0) is 27.3 Å². The number of rotatable bonds is 12. The first-order valence-corrected chi connectivity index (χ1v) is 19.8.